The van der Waals surface area contributed by atoms with Gasteiger partial charge in [-0.2, -0.15) is 0 Å². The Morgan fingerprint density at radius 1 is 1.11 bits per heavy atom. The summed E-state index contributed by atoms with van der Waals surface area (Å²) in [7, 11) is 0. The number of fused-ring (bicyclic) bond motifs is 1. The molecule has 0 aliphatic carbocycles. The van der Waals surface area contributed by atoms with Crippen LogP contribution in [0.1, 0.15) is 38.3 Å². The monoisotopic (exact) mass is 260 g/mol. The minimum absolute atomic E-state index is 0.442. The van der Waals surface area contributed by atoms with Gasteiger partial charge in [0.1, 0.15) is 0 Å². The van der Waals surface area contributed by atoms with Crippen LogP contribution in [0.4, 0.5) is 0 Å². The fourth-order valence-corrected chi connectivity index (χ4v) is 2.57. The highest BCUT2D eigenvalue weighted by atomic mass is 15.1. The summed E-state index contributed by atoms with van der Waals surface area (Å²) in [6, 6.07) is 8.86. The van der Waals surface area contributed by atoms with Crippen molar-refractivity contribution >= 4 is 0 Å². The zero-order valence-corrected chi connectivity index (χ0v) is 12.7. The highest BCUT2D eigenvalue weighted by molar-refractivity contribution is 5.28. The molecule has 2 nitrogen and oxygen atoms in total. The van der Waals surface area contributed by atoms with Crippen molar-refractivity contribution in [1.82, 2.24) is 10.2 Å². The van der Waals surface area contributed by atoms with Crippen LogP contribution in [0.5, 0.6) is 0 Å². The Kier molecular flexibility index (Phi) is 5.00. The summed E-state index contributed by atoms with van der Waals surface area (Å²) in [5.41, 5.74) is 3.50. The molecular formula is C17H28N2. The highest BCUT2D eigenvalue weighted by Crippen LogP contribution is 2.18. The van der Waals surface area contributed by atoms with Crippen LogP contribution in [0, 0.1) is 5.41 Å². The molecule has 0 saturated carbocycles. The summed E-state index contributed by atoms with van der Waals surface area (Å²) in [5.74, 6) is 0. The van der Waals surface area contributed by atoms with E-state index in [2.05, 4.69) is 55.3 Å². The molecule has 2 heteroatoms. The summed E-state index contributed by atoms with van der Waals surface area (Å²) < 4.78 is 0. The van der Waals surface area contributed by atoms with Gasteiger partial charge in [-0.3, -0.25) is 4.90 Å². The Morgan fingerprint density at radius 3 is 2.58 bits per heavy atom. The standard InChI is InChI=1S/C17H28N2/c1-17(2,3)9-10-18-11-13-19-12-8-15-6-4-5-7-16(15)14-19/h4-7,18H,8-14H2,1-3H3. The minimum Gasteiger partial charge on any atom is -0.315 e. The first kappa shape index (κ1) is 14.5. The van der Waals surface area contributed by atoms with E-state index in [1.807, 2.05) is 0 Å². The lowest BCUT2D eigenvalue weighted by Gasteiger charge is -2.29. The van der Waals surface area contributed by atoms with E-state index in [0.717, 1.165) is 19.6 Å². The van der Waals surface area contributed by atoms with E-state index in [1.165, 1.54) is 31.5 Å². The average Bonchev–Trinajstić information content (AvgIpc) is 2.37. The van der Waals surface area contributed by atoms with Crippen LogP contribution in [0.15, 0.2) is 24.3 Å². The van der Waals surface area contributed by atoms with Gasteiger partial charge in [-0.1, -0.05) is 45.0 Å². The number of hydrogen-bond acceptors (Lipinski definition) is 2. The SMILES string of the molecule is CC(C)(C)CCNCCN1CCc2ccccc2C1. The third kappa shape index (κ3) is 4.96. The van der Waals surface area contributed by atoms with E-state index in [1.54, 1.807) is 5.56 Å². The van der Waals surface area contributed by atoms with Crippen molar-refractivity contribution in [2.45, 2.75) is 40.2 Å². The Bertz CT molecular complexity index is 392. The summed E-state index contributed by atoms with van der Waals surface area (Å²) in [5, 5.41) is 3.57. The highest BCUT2D eigenvalue weighted by Gasteiger charge is 2.15. The first-order valence-corrected chi connectivity index (χ1v) is 7.54. The zero-order valence-electron chi connectivity index (χ0n) is 12.7. The van der Waals surface area contributed by atoms with Gasteiger partial charge in [0.15, 0.2) is 0 Å². The molecule has 1 N–H and O–H groups in total. The van der Waals surface area contributed by atoms with Crippen molar-refractivity contribution in [2.24, 2.45) is 5.41 Å². The van der Waals surface area contributed by atoms with Crippen LogP contribution in [0.2, 0.25) is 0 Å². The second-order valence-electron chi connectivity index (χ2n) is 6.86. The smallest absolute Gasteiger partial charge is 0.0237 e. The third-order valence-corrected chi connectivity index (χ3v) is 3.87. The van der Waals surface area contributed by atoms with Crippen molar-refractivity contribution in [3.8, 4) is 0 Å². The van der Waals surface area contributed by atoms with E-state index in [-0.39, 0.29) is 0 Å². The molecule has 1 aromatic rings. The van der Waals surface area contributed by atoms with Gasteiger partial charge >= 0.3 is 0 Å². The molecule has 0 aromatic heterocycles. The van der Waals surface area contributed by atoms with Crippen molar-refractivity contribution in [1.29, 1.82) is 0 Å². The Hall–Kier alpha value is -0.860. The summed E-state index contributed by atoms with van der Waals surface area (Å²) in [4.78, 5) is 2.56. The molecule has 0 saturated heterocycles. The summed E-state index contributed by atoms with van der Waals surface area (Å²) in [6.07, 6.45) is 2.45. The largest absolute Gasteiger partial charge is 0.315 e. The van der Waals surface area contributed by atoms with E-state index >= 15 is 0 Å². The fourth-order valence-electron chi connectivity index (χ4n) is 2.57. The average molecular weight is 260 g/mol. The molecule has 1 aliphatic heterocycles. The number of benzene rings is 1. The van der Waals surface area contributed by atoms with E-state index < -0.39 is 0 Å². The molecule has 19 heavy (non-hydrogen) atoms. The molecule has 0 radical (unpaired) electrons. The van der Waals surface area contributed by atoms with Gasteiger partial charge < -0.3 is 5.32 Å². The van der Waals surface area contributed by atoms with Crippen molar-refractivity contribution in [3.63, 3.8) is 0 Å². The van der Waals surface area contributed by atoms with Crippen molar-refractivity contribution in [2.75, 3.05) is 26.2 Å². The molecule has 0 unspecified atom stereocenters. The normalized spacial score (nSPS) is 16.4. The van der Waals surface area contributed by atoms with E-state index in [0.29, 0.717) is 5.41 Å². The maximum Gasteiger partial charge on any atom is 0.0237 e. The van der Waals surface area contributed by atoms with Crippen molar-refractivity contribution < 1.29 is 0 Å². The lowest BCUT2D eigenvalue weighted by atomic mass is 9.92. The number of hydrogen-bond donors (Lipinski definition) is 1. The molecule has 0 spiro atoms. The molecule has 0 amide bonds. The number of nitrogens with one attached hydrogen (secondary N) is 1. The zero-order chi connectivity index (χ0) is 13.7. The van der Waals surface area contributed by atoms with Crippen LogP contribution in [0.3, 0.4) is 0 Å². The predicted octanol–water partition coefficient (Wildman–Crippen LogP) is 3.07. The van der Waals surface area contributed by atoms with Gasteiger partial charge in [-0.15, -0.1) is 0 Å². The van der Waals surface area contributed by atoms with Gasteiger partial charge in [-0.25, -0.2) is 0 Å². The van der Waals surface area contributed by atoms with Gasteiger partial charge in [-0.05, 0) is 35.9 Å². The quantitative estimate of drug-likeness (QED) is 0.819. The second kappa shape index (κ2) is 6.53. The first-order valence-electron chi connectivity index (χ1n) is 7.54. The maximum absolute atomic E-state index is 3.57. The lowest BCUT2D eigenvalue weighted by Crippen LogP contribution is -2.36. The summed E-state index contributed by atoms with van der Waals surface area (Å²) in [6.45, 7) is 12.6. The molecule has 1 aliphatic rings. The van der Waals surface area contributed by atoms with Gasteiger partial charge in [0.25, 0.3) is 0 Å². The molecule has 2 rings (SSSR count). The molecule has 1 heterocycles. The lowest BCUT2D eigenvalue weighted by molar-refractivity contribution is 0.251. The van der Waals surface area contributed by atoms with Crippen LogP contribution >= 0.6 is 0 Å². The molecular weight excluding hydrogens is 232 g/mol. The van der Waals surface area contributed by atoms with E-state index in [9.17, 15) is 0 Å². The first-order chi connectivity index (χ1) is 9.04. The number of rotatable bonds is 5. The molecule has 106 valence electrons. The minimum atomic E-state index is 0.442. The number of nitrogens with zero attached hydrogens (tertiary/aromatic N) is 1. The van der Waals surface area contributed by atoms with Crippen LogP contribution in [-0.4, -0.2) is 31.1 Å². The predicted molar refractivity (Wildman–Crippen MR) is 82.4 cm³/mol. The van der Waals surface area contributed by atoms with Gasteiger partial charge in [0.2, 0.25) is 0 Å². The molecule has 0 atom stereocenters. The summed E-state index contributed by atoms with van der Waals surface area (Å²) >= 11 is 0. The second-order valence-corrected chi connectivity index (χ2v) is 6.86. The van der Waals surface area contributed by atoms with Gasteiger partial charge in [0.05, 0.1) is 0 Å². The van der Waals surface area contributed by atoms with Crippen molar-refractivity contribution in [3.05, 3.63) is 35.4 Å². The fraction of sp³-hybridized carbons (Fsp3) is 0.647. The van der Waals surface area contributed by atoms with E-state index in [4.69, 9.17) is 0 Å². The maximum atomic E-state index is 3.57. The molecule has 1 aromatic carbocycles. The Labute approximate surface area is 118 Å². The van der Waals surface area contributed by atoms with Crippen LogP contribution < -0.4 is 5.32 Å². The Balaban J connectivity index is 1.66. The Morgan fingerprint density at radius 2 is 1.84 bits per heavy atom. The third-order valence-electron chi connectivity index (χ3n) is 3.87. The van der Waals surface area contributed by atoms with Crippen LogP contribution in [0.25, 0.3) is 0 Å². The topological polar surface area (TPSA) is 15.3 Å². The molecule has 0 bridgehead atoms. The molecule has 0 fully saturated rings. The van der Waals surface area contributed by atoms with Gasteiger partial charge in [0, 0.05) is 26.2 Å². The van der Waals surface area contributed by atoms with Crippen LogP contribution in [-0.2, 0) is 13.0 Å².